The standard InChI is InChI=1S/C12H12FNO/c1-2-7-14-9-11(15)8-10-5-3-4-6-12(10)13/h1,3-6,14H,7-9H2. The summed E-state index contributed by atoms with van der Waals surface area (Å²) in [6.07, 6.45) is 5.11. The van der Waals surface area contributed by atoms with Gasteiger partial charge in [-0.15, -0.1) is 6.42 Å². The Morgan fingerprint density at radius 1 is 1.47 bits per heavy atom. The van der Waals surface area contributed by atoms with Gasteiger partial charge in [-0.05, 0) is 11.6 Å². The van der Waals surface area contributed by atoms with Crippen LogP contribution in [0.2, 0.25) is 0 Å². The van der Waals surface area contributed by atoms with Gasteiger partial charge in [-0.25, -0.2) is 4.39 Å². The van der Waals surface area contributed by atoms with Crippen molar-refractivity contribution in [3.05, 3.63) is 35.6 Å². The summed E-state index contributed by atoms with van der Waals surface area (Å²) in [5.41, 5.74) is 0.421. The van der Waals surface area contributed by atoms with Crippen molar-refractivity contribution < 1.29 is 9.18 Å². The molecule has 15 heavy (non-hydrogen) atoms. The number of ketones is 1. The minimum atomic E-state index is -0.345. The number of terminal acetylenes is 1. The Labute approximate surface area is 88.5 Å². The van der Waals surface area contributed by atoms with E-state index < -0.39 is 0 Å². The lowest BCUT2D eigenvalue weighted by atomic mass is 10.1. The molecule has 0 saturated carbocycles. The van der Waals surface area contributed by atoms with Gasteiger partial charge in [-0.3, -0.25) is 10.1 Å². The van der Waals surface area contributed by atoms with Crippen molar-refractivity contribution in [2.45, 2.75) is 6.42 Å². The zero-order valence-electron chi connectivity index (χ0n) is 8.29. The Balaban J connectivity index is 2.45. The summed E-state index contributed by atoms with van der Waals surface area (Å²) >= 11 is 0. The van der Waals surface area contributed by atoms with Crippen LogP contribution in [-0.2, 0) is 11.2 Å². The van der Waals surface area contributed by atoms with Crippen LogP contribution in [0.25, 0.3) is 0 Å². The molecular formula is C12H12FNO. The molecule has 0 aliphatic carbocycles. The number of hydrogen-bond donors (Lipinski definition) is 1. The molecule has 0 saturated heterocycles. The SMILES string of the molecule is C#CCNCC(=O)Cc1ccccc1F. The van der Waals surface area contributed by atoms with Gasteiger partial charge in [-0.2, -0.15) is 0 Å². The highest BCUT2D eigenvalue weighted by Crippen LogP contribution is 2.06. The van der Waals surface area contributed by atoms with Gasteiger partial charge in [0.15, 0.2) is 5.78 Å². The summed E-state index contributed by atoms with van der Waals surface area (Å²) in [6, 6.07) is 6.26. The molecule has 78 valence electrons. The van der Waals surface area contributed by atoms with Gasteiger partial charge in [-0.1, -0.05) is 24.1 Å². The molecular weight excluding hydrogens is 193 g/mol. The van der Waals surface area contributed by atoms with Crippen molar-refractivity contribution in [1.82, 2.24) is 5.32 Å². The number of carbonyl (C=O) groups excluding carboxylic acids is 1. The maximum Gasteiger partial charge on any atom is 0.151 e. The molecule has 0 aliphatic rings. The third-order valence-electron chi connectivity index (χ3n) is 1.89. The second kappa shape index (κ2) is 5.94. The highest BCUT2D eigenvalue weighted by molar-refractivity contribution is 5.82. The number of hydrogen-bond acceptors (Lipinski definition) is 2. The van der Waals surface area contributed by atoms with Crippen LogP contribution in [0, 0.1) is 18.2 Å². The van der Waals surface area contributed by atoms with Gasteiger partial charge in [0.1, 0.15) is 5.82 Å². The summed E-state index contributed by atoms with van der Waals surface area (Å²) in [4.78, 5) is 11.3. The molecule has 0 radical (unpaired) electrons. The van der Waals surface area contributed by atoms with E-state index in [1.807, 2.05) is 0 Å². The maximum absolute atomic E-state index is 13.1. The Hall–Kier alpha value is -1.66. The van der Waals surface area contributed by atoms with Crippen LogP contribution in [0.4, 0.5) is 4.39 Å². The van der Waals surface area contributed by atoms with E-state index in [1.165, 1.54) is 6.07 Å². The van der Waals surface area contributed by atoms with Crippen molar-refractivity contribution in [3.8, 4) is 12.3 Å². The lowest BCUT2D eigenvalue weighted by Crippen LogP contribution is -2.24. The molecule has 1 rings (SSSR count). The first-order valence-electron chi connectivity index (χ1n) is 4.63. The molecule has 0 fully saturated rings. The van der Waals surface area contributed by atoms with Crippen LogP contribution in [0.5, 0.6) is 0 Å². The molecule has 0 heterocycles. The van der Waals surface area contributed by atoms with Crippen LogP contribution >= 0.6 is 0 Å². The second-order valence-electron chi connectivity index (χ2n) is 3.11. The Morgan fingerprint density at radius 3 is 2.87 bits per heavy atom. The van der Waals surface area contributed by atoms with Crippen LogP contribution < -0.4 is 5.32 Å². The van der Waals surface area contributed by atoms with Gasteiger partial charge in [0, 0.05) is 6.42 Å². The highest BCUT2D eigenvalue weighted by atomic mass is 19.1. The van der Waals surface area contributed by atoms with E-state index in [9.17, 15) is 9.18 Å². The van der Waals surface area contributed by atoms with Crippen molar-refractivity contribution in [1.29, 1.82) is 0 Å². The average Bonchev–Trinajstić information content (AvgIpc) is 2.22. The highest BCUT2D eigenvalue weighted by Gasteiger charge is 2.06. The van der Waals surface area contributed by atoms with E-state index in [0.29, 0.717) is 12.1 Å². The van der Waals surface area contributed by atoms with E-state index >= 15 is 0 Å². The predicted octanol–water partition coefficient (Wildman–Crippen LogP) is 1.16. The third-order valence-corrected chi connectivity index (χ3v) is 1.89. The van der Waals surface area contributed by atoms with Crippen molar-refractivity contribution in [3.63, 3.8) is 0 Å². The quantitative estimate of drug-likeness (QED) is 0.577. The summed E-state index contributed by atoms with van der Waals surface area (Å²) in [7, 11) is 0. The number of carbonyl (C=O) groups is 1. The normalized spacial score (nSPS) is 9.60. The smallest absolute Gasteiger partial charge is 0.151 e. The van der Waals surface area contributed by atoms with E-state index in [2.05, 4.69) is 11.2 Å². The van der Waals surface area contributed by atoms with Crippen LogP contribution in [0.1, 0.15) is 5.56 Å². The first-order valence-corrected chi connectivity index (χ1v) is 4.63. The van der Waals surface area contributed by atoms with Crippen molar-refractivity contribution >= 4 is 5.78 Å². The Bertz CT molecular complexity index is 381. The Morgan fingerprint density at radius 2 is 2.20 bits per heavy atom. The zero-order chi connectivity index (χ0) is 11.1. The summed E-state index contributed by atoms with van der Waals surface area (Å²) in [5, 5.41) is 2.77. The lowest BCUT2D eigenvalue weighted by Gasteiger charge is -2.02. The van der Waals surface area contributed by atoms with E-state index in [0.717, 1.165) is 0 Å². The van der Waals surface area contributed by atoms with Gasteiger partial charge >= 0.3 is 0 Å². The van der Waals surface area contributed by atoms with Crippen LogP contribution in [0.15, 0.2) is 24.3 Å². The van der Waals surface area contributed by atoms with Crippen LogP contribution in [-0.4, -0.2) is 18.9 Å². The van der Waals surface area contributed by atoms with Gasteiger partial charge in [0.2, 0.25) is 0 Å². The molecule has 3 heteroatoms. The number of benzene rings is 1. The van der Waals surface area contributed by atoms with Gasteiger partial charge in [0.05, 0.1) is 13.1 Å². The lowest BCUT2D eigenvalue weighted by molar-refractivity contribution is -0.117. The first-order chi connectivity index (χ1) is 7.24. The number of nitrogens with one attached hydrogen (secondary N) is 1. The second-order valence-corrected chi connectivity index (χ2v) is 3.11. The molecule has 0 aliphatic heterocycles. The van der Waals surface area contributed by atoms with E-state index in [-0.39, 0.29) is 24.6 Å². The average molecular weight is 205 g/mol. The minimum absolute atomic E-state index is 0.0737. The molecule has 0 unspecified atom stereocenters. The molecule has 0 amide bonds. The Kier molecular flexibility index (Phi) is 4.52. The monoisotopic (exact) mass is 205 g/mol. The summed E-state index contributed by atoms with van der Waals surface area (Å²) in [5.74, 6) is 1.94. The fourth-order valence-corrected chi connectivity index (χ4v) is 1.19. The first kappa shape index (κ1) is 11.4. The molecule has 0 bridgehead atoms. The van der Waals surface area contributed by atoms with E-state index in [4.69, 9.17) is 6.42 Å². The zero-order valence-corrected chi connectivity index (χ0v) is 8.29. The number of Topliss-reactive ketones (excluding diaryl/α,β-unsaturated/α-hetero) is 1. The molecule has 0 spiro atoms. The molecule has 1 aromatic carbocycles. The molecule has 1 N–H and O–H groups in total. The largest absolute Gasteiger partial charge is 0.299 e. The summed E-state index contributed by atoms with van der Waals surface area (Å²) < 4.78 is 13.1. The maximum atomic E-state index is 13.1. The fourth-order valence-electron chi connectivity index (χ4n) is 1.19. The van der Waals surface area contributed by atoms with Crippen molar-refractivity contribution in [2.75, 3.05) is 13.1 Å². The molecule has 0 atom stereocenters. The minimum Gasteiger partial charge on any atom is -0.299 e. The van der Waals surface area contributed by atoms with Gasteiger partial charge in [0.25, 0.3) is 0 Å². The molecule has 0 aromatic heterocycles. The fraction of sp³-hybridized carbons (Fsp3) is 0.250. The van der Waals surface area contributed by atoms with Crippen LogP contribution in [0.3, 0.4) is 0 Å². The topological polar surface area (TPSA) is 29.1 Å². The molecule has 1 aromatic rings. The molecule has 2 nitrogen and oxygen atoms in total. The van der Waals surface area contributed by atoms with Crippen molar-refractivity contribution in [2.24, 2.45) is 0 Å². The number of rotatable bonds is 5. The number of halogens is 1. The van der Waals surface area contributed by atoms with E-state index in [1.54, 1.807) is 18.2 Å². The third kappa shape index (κ3) is 3.92. The van der Waals surface area contributed by atoms with Gasteiger partial charge < -0.3 is 0 Å². The summed E-state index contributed by atoms with van der Waals surface area (Å²) in [6.45, 7) is 0.529. The predicted molar refractivity (Wildman–Crippen MR) is 56.8 cm³/mol.